The Kier molecular flexibility index (Phi) is 6.68. The lowest BCUT2D eigenvalue weighted by atomic mass is 10.2. The lowest BCUT2D eigenvalue weighted by molar-refractivity contribution is 0.215. The molecule has 0 radical (unpaired) electrons. The first-order valence-corrected chi connectivity index (χ1v) is 10.2. The standard InChI is InChI=1S/C19H29N5OS/c1-4-20-19(22-13-18-14(2)23-15(3)26-18)21-12-16(17-8-7-11-25-17)24-9-5-6-10-24/h7-8,11,16H,4-6,9-10,12-13H2,1-3H3,(H2,20,21,22). The molecule has 1 fully saturated rings. The van der Waals surface area contributed by atoms with E-state index in [1.807, 2.05) is 13.0 Å². The molecule has 1 aliphatic rings. The van der Waals surface area contributed by atoms with Crippen LogP contribution in [0.5, 0.6) is 0 Å². The van der Waals surface area contributed by atoms with Crippen LogP contribution < -0.4 is 10.6 Å². The summed E-state index contributed by atoms with van der Waals surface area (Å²) in [5, 5.41) is 7.94. The molecule has 1 aliphatic heterocycles. The van der Waals surface area contributed by atoms with E-state index in [9.17, 15) is 0 Å². The first-order chi connectivity index (χ1) is 12.7. The first kappa shape index (κ1) is 18.9. The zero-order chi connectivity index (χ0) is 18.4. The Morgan fingerprint density at radius 1 is 1.35 bits per heavy atom. The predicted molar refractivity (Wildman–Crippen MR) is 107 cm³/mol. The molecular weight excluding hydrogens is 346 g/mol. The molecule has 2 N–H and O–H groups in total. The molecular formula is C19H29N5OS. The van der Waals surface area contributed by atoms with Crippen molar-refractivity contribution in [2.24, 2.45) is 4.99 Å². The molecule has 0 amide bonds. The molecule has 1 saturated heterocycles. The maximum absolute atomic E-state index is 5.70. The van der Waals surface area contributed by atoms with E-state index >= 15 is 0 Å². The number of hydrogen-bond donors (Lipinski definition) is 2. The first-order valence-electron chi connectivity index (χ1n) is 9.40. The highest BCUT2D eigenvalue weighted by Crippen LogP contribution is 2.25. The number of aliphatic imine (C=N–C) groups is 1. The summed E-state index contributed by atoms with van der Waals surface area (Å²) in [4.78, 5) is 13.0. The van der Waals surface area contributed by atoms with Crippen LogP contribution in [0, 0.1) is 13.8 Å². The van der Waals surface area contributed by atoms with Gasteiger partial charge in [0.2, 0.25) is 0 Å². The molecule has 3 heterocycles. The second kappa shape index (κ2) is 9.19. The molecule has 7 heteroatoms. The van der Waals surface area contributed by atoms with E-state index in [0.717, 1.165) is 48.6 Å². The molecule has 26 heavy (non-hydrogen) atoms. The lowest BCUT2D eigenvalue weighted by Crippen LogP contribution is -2.42. The number of aromatic nitrogens is 1. The molecule has 3 rings (SSSR count). The van der Waals surface area contributed by atoms with Crippen molar-refractivity contribution in [3.63, 3.8) is 0 Å². The second-order valence-electron chi connectivity index (χ2n) is 6.59. The fraction of sp³-hybridized carbons (Fsp3) is 0.579. The summed E-state index contributed by atoms with van der Waals surface area (Å²) < 4.78 is 5.70. The third-order valence-electron chi connectivity index (χ3n) is 4.64. The van der Waals surface area contributed by atoms with Crippen molar-refractivity contribution >= 4 is 17.3 Å². The number of nitrogens with one attached hydrogen (secondary N) is 2. The molecule has 1 unspecified atom stereocenters. The summed E-state index contributed by atoms with van der Waals surface area (Å²) in [7, 11) is 0. The monoisotopic (exact) mass is 375 g/mol. The van der Waals surface area contributed by atoms with Crippen LogP contribution >= 0.6 is 11.3 Å². The Morgan fingerprint density at radius 2 is 2.15 bits per heavy atom. The molecule has 1 atom stereocenters. The minimum atomic E-state index is 0.240. The fourth-order valence-electron chi connectivity index (χ4n) is 3.35. The Hall–Kier alpha value is -1.86. The van der Waals surface area contributed by atoms with E-state index in [-0.39, 0.29) is 6.04 Å². The van der Waals surface area contributed by atoms with Gasteiger partial charge in [0.1, 0.15) is 5.76 Å². The predicted octanol–water partition coefficient (Wildman–Crippen LogP) is 3.25. The maximum Gasteiger partial charge on any atom is 0.191 e. The third-order valence-corrected chi connectivity index (χ3v) is 5.70. The fourth-order valence-corrected chi connectivity index (χ4v) is 4.21. The molecule has 6 nitrogen and oxygen atoms in total. The number of furan rings is 1. The molecule has 0 saturated carbocycles. The van der Waals surface area contributed by atoms with Gasteiger partial charge in [0.15, 0.2) is 5.96 Å². The highest BCUT2D eigenvalue weighted by Gasteiger charge is 2.25. The molecule has 0 aliphatic carbocycles. The van der Waals surface area contributed by atoms with E-state index in [1.165, 1.54) is 17.7 Å². The minimum Gasteiger partial charge on any atom is -0.468 e. The lowest BCUT2D eigenvalue weighted by Gasteiger charge is -2.26. The summed E-state index contributed by atoms with van der Waals surface area (Å²) >= 11 is 1.72. The Labute approximate surface area is 159 Å². The Bertz CT molecular complexity index is 704. The van der Waals surface area contributed by atoms with Crippen molar-refractivity contribution in [1.82, 2.24) is 20.5 Å². The number of guanidine groups is 1. The van der Waals surface area contributed by atoms with Crippen LogP contribution in [0.2, 0.25) is 0 Å². The van der Waals surface area contributed by atoms with Gasteiger partial charge in [-0.1, -0.05) is 0 Å². The molecule has 142 valence electrons. The van der Waals surface area contributed by atoms with E-state index in [0.29, 0.717) is 6.54 Å². The highest BCUT2D eigenvalue weighted by atomic mass is 32.1. The third kappa shape index (κ3) is 4.86. The van der Waals surface area contributed by atoms with Crippen LogP contribution in [-0.2, 0) is 6.54 Å². The van der Waals surface area contributed by atoms with E-state index in [1.54, 1.807) is 17.6 Å². The molecule has 0 spiro atoms. The van der Waals surface area contributed by atoms with Gasteiger partial charge in [-0.3, -0.25) is 4.90 Å². The van der Waals surface area contributed by atoms with Gasteiger partial charge in [-0.25, -0.2) is 9.98 Å². The van der Waals surface area contributed by atoms with Crippen molar-refractivity contribution < 1.29 is 4.42 Å². The number of thiazole rings is 1. The van der Waals surface area contributed by atoms with Crippen molar-refractivity contribution in [2.75, 3.05) is 26.2 Å². The Balaban J connectivity index is 1.66. The number of aryl methyl sites for hydroxylation is 2. The second-order valence-corrected chi connectivity index (χ2v) is 7.88. The summed E-state index contributed by atoms with van der Waals surface area (Å²) in [5.41, 5.74) is 1.08. The van der Waals surface area contributed by atoms with Gasteiger partial charge in [0, 0.05) is 18.0 Å². The number of likely N-dealkylation sites (tertiary alicyclic amines) is 1. The maximum atomic E-state index is 5.70. The van der Waals surface area contributed by atoms with Gasteiger partial charge >= 0.3 is 0 Å². The zero-order valence-electron chi connectivity index (χ0n) is 15.9. The van der Waals surface area contributed by atoms with Gasteiger partial charge in [-0.15, -0.1) is 11.3 Å². The number of hydrogen-bond acceptors (Lipinski definition) is 5. The number of nitrogens with zero attached hydrogens (tertiary/aromatic N) is 3. The van der Waals surface area contributed by atoms with Crippen LogP contribution in [0.4, 0.5) is 0 Å². The van der Waals surface area contributed by atoms with Gasteiger partial charge < -0.3 is 15.1 Å². The van der Waals surface area contributed by atoms with E-state index < -0.39 is 0 Å². The van der Waals surface area contributed by atoms with Crippen LogP contribution in [0.3, 0.4) is 0 Å². The topological polar surface area (TPSA) is 65.7 Å². The van der Waals surface area contributed by atoms with Crippen molar-refractivity contribution in [3.05, 3.63) is 39.7 Å². The van der Waals surface area contributed by atoms with Gasteiger partial charge in [-0.05, 0) is 58.8 Å². The summed E-state index contributed by atoms with van der Waals surface area (Å²) in [5.74, 6) is 1.86. The van der Waals surface area contributed by atoms with Gasteiger partial charge in [0.25, 0.3) is 0 Å². The van der Waals surface area contributed by atoms with E-state index in [2.05, 4.69) is 40.4 Å². The summed E-state index contributed by atoms with van der Waals surface area (Å²) in [6.45, 7) is 10.7. The Morgan fingerprint density at radius 3 is 2.77 bits per heavy atom. The molecule has 2 aromatic heterocycles. The quantitative estimate of drug-likeness (QED) is 0.574. The average Bonchev–Trinajstić information content (AvgIpc) is 3.36. The summed E-state index contributed by atoms with van der Waals surface area (Å²) in [6.07, 6.45) is 4.28. The number of rotatable bonds is 7. The van der Waals surface area contributed by atoms with Crippen molar-refractivity contribution in [1.29, 1.82) is 0 Å². The molecule has 2 aromatic rings. The van der Waals surface area contributed by atoms with Crippen molar-refractivity contribution in [2.45, 2.75) is 46.2 Å². The zero-order valence-corrected chi connectivity index (χ0v) is 16.7. The normalized spacial score (nSPS) is 16.8. The SMILES string of the molecule is CCNC(=NCc1sc(C)nc1C)NCC(c1ccco1)N1CCCC1. The van der Waals surface area contributed by atoms with Crippen LogP contribution in [-0.4, -0.2) is 42.0 Å². The summed E-state index contributed by atoms with van der Waals surface area (Å²) in [6, 6.07) is 4.27. The minimum absolute atomic E-state index is 0.240. The van der Waals surface area contributed by atoms with Crippen LogP contribution in [0.1, 0.15) is 47.1 Å². The smallest absolute Gasteiger partial charge is 0.191 e. The molecule has 0 bridgehead atoms. The molecule has 0 aromatic carbocycles. The van der Waals surface area contributed by atoms with E-state index in [4.69, 9.17) is 9.41 Å². The largest absolute Gasteiger partial charge is 0.468 e. The van der Waals surface area contributed by atoms with Crippen molar-refractivity contribution in [3.8, 4) is 0 Å². The van der Waals surface area contributed by atoms with Gasteiger partial charge in [0.05, 0.1) is 29.6 Å². The highest BCUT2D eigenvalue weighted by molar-refractivity contribution is 7.11. The van der Waals surface area contributed by atoms with Crippen LogP contribution in [0.25, 0.3) is 0 Å². The van der Waals surface area contributed by atoms with Crippen LogP contribution in [0.15, 0.2) is 27.8 Å². The van der Waals surface area contributed by atoms with Gasteiger partial charge in [-0.2, -0.15) is 0 Å². The average molecular weight is 376 g/mol.